The fourth-order valence-corrected chi connectivity index (χ4v) is 3.61. The van der Waals surface area contributed by atoms with Gasteiger partial charge < -0.3 is 9.42 Å². The lowest BCUT2D eigenvalue weighted by molar-refractivity contribution is 0.189. The lowest BCUT2D eigenvalue weighted by Gasteiger charge is -2.13. The molecule has 0 aromatic heterocycles. The molecule has 0 amide bonds. The van der Waals surface area contributed by atoms with Gasteiger partial charge in [0.05, 0.1) is 6.61 Å². The summed E-state index contributed by atoms with van der Waals surface area (Å²) < 4.78 is 35.2. The van der Waals surface area contributed by atoms with Crippen LogP contribution in [0.15, 0.2) is 34.9 Å². The maximum absolute atomic E-state index is 11.5. The third-order valence-electron chi connectivity index (χ3n) is 3.17. The molecule has 0 fully saturated rings. The van der Waals surface area contributed by atoms with Gasteiger partial charge in [-0.1, -0.05) is 41.4 Å². The van der Waals surface area contributed by atoms with E-state index < -0.39 is 15.6 Å². The Balaban J connectivity index is 4.29. The predicted molar refractivity (Wildman–Crippen MR) is 102 cm³/mol. The average molecular weight is 406 g/mol. The van der Waals surface area contributed by atoms with E-state index in [0.29, 0.717) is 0 Å². The van der Waals surface area contributed by atoms with Crippen LogP contribution in [-0.2, 0) is 22.5 Å². The summed E-state index contributed by atoms with van der Waals surface area (Å²) in [6, 6.07) is 0. The van der Waals surface area contributed by atoms with Gasteiger partial charge in [0, 0.05) is 0 Å². The first-order valence-corrected chi connectivity index (χ1v) is 11.1. The Morgan fingerprint density at radius 3 is 2.04 bits per heavy atom. The van der Waals surface area contributed by atoms with Crippen LogP contribution in [-0.4, -0.2) is 16.4 Å². The van der Waals surface area contributed by atoms with Crippen molar-refractivity contribution >= 4 is 15.6 Å². The highest BCUT2D eigenvalue weighted by atomic mass is 31.3. The van der Waals surface area contributed by atoms with Gasteiger partial charge in [0.25, 0.3) is 0 Å². The molecule has 0 aliphatic heterocycles. The van der Waals surface area contributed by atoms with Crippen LogP contribution >= 0.6 is 15.6 Å². The maximum atomic E-state index is 11.5. The molecule has 0 aliphatic carbocycles. The lowest BCUT2D eigenvalue weighted by atomic mass is 10.1. The van der Waals surface area contributed by atoms with Crippen LogP contribution in [0.25, 0.3) is 0 Å². The Hall–Kier alpha value is -1.12. The van der Waals surface area contributed by atoms with E-state index in [4.69, 9.17) is 4.89 Å². The molecular weight excluding hydrogens is 378 g/mol. The number of phosphoric acid groups is 2. The van der Waals surface area contributed by atoms with Crippen LogP contribution in [0.2, 0.25) is 0 Å². The highest BCUT2D eigenvalue weighted by molar-refractivity contribution is 7.61. The minimum Gasteiger partial charge on any atom is -0.350 e. The van der Waals surface area contributed by atoms with Crippen LogP contribution in [0.4, 0.5) is 0 Å². The molecule has 0 spiro atoms. The van der Waals surface area contributed by atoms with E-state index >= 15 is 0 Å². The first-order valence-electron chi connectivity index (χ1n) is 8.07. The predicted octanol–water partition coefficient (Wildman–Crippen LogP) is 5.25. The van der Waals surface area contributed by atoms with Gasteiger partial charge in [-0.2, -0.15) is 4.31 Å². The molecule has 148 valence electrons. The molecule has 0 saturated heterocycles. The van der Waals surface area contributed by atoms with Crippen molar-refractivity contribution in [2.24, 2.45) is 0 Å². The van der Waals surface area contributed by atoms with Crippen LogP contribution in [0.3, 0.4) is 0 Å². The number of phosphoric ester groups is 2. The van der Waals surface area contributed by atoms with E-state index in [1.54, 1.807) is 6.08 Å². The Kier molecular flexibility index (Phi) is 11.8. The molecule has 0 saturated carbocycles. The molecule has 2 atom stereocenters. The number of hydrogen-bond acceptors (Lipinski definition) is 5. The van der Waals surface area contributed by atoms with Crippen molar-refractivity contribution in [2.45, 2.75) is 53.4 Å². The highest BCUT2D eigenvalue weighted by Gasteiger charge is 2.35. The van der Waals surface area contributed by atoms with Gasteiger partial charge in [-0.05, 0) is 53.4 Å². The summed E-state index contributed by atoms with van der Waals surface area (Å²) in [6.07, 6.45) is 15.7. The van der Waals surface area contributed by atoms with Crippen LogP contribution in [0.5, 0.6) is 0 Å². The molecule has 0 radical (unpaired) electrons. The molecule has 26 heavy (non-hydrogen) atoms. The molecule has 2 unspecified atom stereocenters. The average Bonchev–Trinajstić information content (AvgIpc) is 2.45. The second kappa shape index (κ2) is 12.3. The van der Waals surface area contributed by atoms with E-state index in [-0.39, 0.29) is 6.61 Å². The maximum Gasteiger partial charge on any atom is 0.544 e. The summed E-state index contributed by atoms with van der Waals surface area (Å²) in [7, 11) is -9.59. The molecule has 7 nitrogen and oxygen atoms in total. The highest BCUT2D eigenvalue weighted by Crippen LogP contribution is 2.60. The topological polar surface area (TPSA) is 102 Å². The second-order valence-electron chi connectivity index (χ2n) is 5.98. The molecule has 0 aromatic rings. The van der Waals surface area contributed by atoms with Crippen molar-refractivity contribution in [3.8, 4) is 12.5 Å². The van der Waals surface area contributed by atoms with Crippen molar-refractivity contribution in [3.63, 3.8) is 0 Å². The summed E-state index contributed by atoms with van der Waals surface area (Å²) in [4.78, 5) is 18.4. The standard InChI is InChI=1S/C17H28O7P2/c1-6-22-25(18,19)24-26(20,21)23-14-13-17(5)12-8-11-16(4)10-7-9-15(2)3/h1,9,11,13H,7-8,10,12,14H2,2-5H3,(H,18,19)(H,20,21). The number of allylic oxidation sites excluding steroid dienone is 5. The van der Waals surface area contributed by atoms with Gasteiger partial charge in [-0.3, -0.25) is 9.42 Å². The minimum absolute atomic E-state index is 0.251. The van der Waals surface area contributed by atoms with Crippen molar-refractivity contribution in [1.29, 1.82) is 0 Å². The summed E-state index contributed by atoms with van der Waals surface area (Å²) in [6.45, 7) is 7.85. The third-order valence-corrected chi connectivity index (χ3v) is 5.63. The van der Waals surface area contributed by atoms with E-state index in [2.05, 4.69) is 52.7 Å². The third kappa shape index (κ3) is 14.1. The molecule has 0 rings (SSSR count). The summed E-state index contributed by atoms with van der Waals surface area (Å²) in [5.41, 5.74) is 3.57. The fraction of sp³-hybridized carbons (Fsp3) is 0.529. The number of terminal acetylenes is 1. The molecule has 9 heteroatoms. The van der Waals surface area contributed by atoms with Gasteiger partial charge in [-0.15, -0.1) is 0 Å². The molecule has 2 N–H and O–H groups in total. The summed E-state index contributed by atoms with van der Waals surface area (Å²) in [5.74, 6) is 0. The largest absolute Gasteiger partial charge is 0.544 e. The first-order chi connectivity index (χ1) is 12.0. The normalized spacial score (nSPS) is 17.0. The Morgan fingerprint density at radius 2 is 1.50 bits per heavy atom. The van der Waals surface area contributed by atoms with Gasteiger partial charge in [0.15, 0.2) is 0 Å². The fourth-order valence-electron chi connectivity index (χ4n) is 1.85. The Morgan fingerprint density at radius 1 is 0.962 bits per heavy atom. The SMILES string of the molecule is C#COP(=O)(O)OP(=O)(O)OCC=C(C)CCC=C(C)CCC=C(C)C. The molecule has 0 aromatic carbocycles. The van der Waals surface area contributed by atoms with Gasteiger partial charge in [0.1, 0.15) is 6.11 Å². The van der Waals surface area contributed by atoms with Crippen molar-refractivity contribution in [2.75, 3.05) is 6.61 Å². The second-order valence-corrected chi connectivity index (χ2v) is 8.95. The first kappa shape index (κ1) is 24.9. The van der Waals surface area contributed by atoms with Gasteiger partial charge >= 0.3 is 15.6 Å². The smallest absolute Gasteiger partial charge is 0.350 e. The molecule has 0 heterocycles. The van der Waals surface area contributed by atoms with E-state index in [1.165, 1.54) is 17.3 Å². The van der Waals surface area contributed by atoms with Gasteiger partial charge in [-0.25, -0.2) is 9.13 Å². The van der Waals surface area contributed by atoms with E-state index in [0.717, 1.165) is 31.3 Å². The summed E-state index contributed by atoms with van der Waals surface area (Å²) >= 11 is 0. The van der Waals surface area contributed by atoms with Gasteiger partial charge in [0.2, 0.25) is 0 Å². The van der Waals surface area contributed by atoms with E-state index in [9.17, 15) is 14.0 Å². The van der Waals surface area contributed by atoms with Crippen molar-refractivity contribution in [1.82, 2.24) is 0 Å². The van der Waals surface area contributed by atoms with Crippen LogP contribution in [0.1, 0.15) is 53.4 Å². The monoisotopic (exact) mass is 406 g/mol. The Labute approximate surface area is 156 Å². The zero-order valence-corrected chi connectivity index (χ0v) is 17.5. The Bertz CT molecular complexity index is 667. The van der Waals surface area contributed by atoms with Crippen molar-refractivity contribution in [3.05, 3.63) is 34.9 Å². The molecule has 0 aliphatic rings. The quantitative estimate of drug-likeness (QED) is 0.259. The van der Waals surface area contributed by atoms with Crippen LogP contribution in [0, 0.1) is 12.5 Å². The number of hydrogen-bond donors (Lipinski definition) is 2. The lowest BCUT2D eigenvalue weighted by Crippen LogP contribution is -1.96. The zero-order valence-electron chi connectivity index (χ0n) is 15.7. The molecule has 0 bridgehead atoms. The molecular formula is C17H28O7P2. The number of rotatable bonds is 12. The van der Waals surface area contributed by atoms with Crippen molar-refractivity contribution < 1.29 is 32.3 Å². The minimum atomic E-state index is -4.83. The van der Waals surface area contributed by atoms with Crippen LogP contribution < -0.4 is 0 Å². The zero-order chi connectivity index (χ0) is 20.2. The van der Waals surface area contributed by atoms with E-state index in [1.807, 2.05) is 6.92 Å². The summed E-state index contributed by atoms with van der Waals surface area (Å²) in [5, 5.41) is 0.